The number of nitrogens with one attached hydrogen (secondary N) is 1. The van der Waals surface area contributed by atoms with Gasteiger partial charge in [0.25, 0.3) is 5.91 Å². The molecule has 2 N–H and O–H groups in total. The Hall–Kier alpha value is -2.51. The van der Waals surface area contributed by atoms with Gasteiger partial charge in [0.15, 0.2) is 0 Å². The van der Waals surface area contributed by atoms with E-state index in [0.717, 1.165) is 38.3 Å². The molecule has 0 bridgehead atoms. The van der Waals surface area contributed by atoms with E-state index in [1.165, 1.54) is 48.7 Å². The Labute approximate surface area is 203 Å². The van der Waals surface area contributed by atoms with Crippen LogP contribution in [0.4, 0.5) is 0 Å². The van der Waals surface area contributed by atoms with Crippen molar-refractivity contribution in [3.63, 3.8) is 0 Å². The van der Waals surface area contributed by atoms with Crippen molar-refractivity contribution in [2.45, 2.75) is 58.4 Å². The Bertz CT molecular complexity index is 957. The zero-order valence-corrected chi connectivity index (χ0v) is 20.5. The maximum absolute atomic E-state index is 11.2. The van der Waals surface area contributed by atoms with E-state index in [4.69, 9.17) is 5.21 Å². The predicted molar refractivity (Wildman–Crippen MR) is 136 cm³/mol. The highest BCUT2D eigenvalue weighted by Crippen LogP contribution is 2.22. The van der Waals surface area contributed by atoms with Crippen LogP contribution in [0.5, 0.6) is 0 Å². The molecule has 2 atom stereocenters. The Balaban J connectivity index is 1.31. The first kappa shape index (κ1) is 24.6. The molecule has 2 aromatic rings. The van der Waals surface area contributed by atoms with Crippen LogP contribution in [0.2, 0.25) is 0 Å². The molecule has 2 heterocycles. The SMILES string of the molecule is CC1CN(Cc2cccc(CN3CCCC3)c2)C[C@H](C)N1Cc1ccc(/C=C/C(=O)NO)cc1. The Morgan fingerprint density at radius 2 is 1.53 bits per heavy atom. The van der Waals surface area contributed by atoms with E-state index in [-0.39, 0.29) is 0 Å². The lowest BCUT2D eigenvalue weighted by atomic mass is 10.0. The van der Waals surface area contributed by atoms with Gasteiger partial charge in [-0.05, 0) is 68.1 Å². The van der Waals surface area contributed by atoms with Crippen molar-refractivity contribution in [2.75, 3.05) is 26.2 Å². The highest BCUT2D eigenvalue weighted by atomic mass is 16.5. The summed E-state index contributed by atoms with van der Waals surface area (Å²) in [5.74, 6) is -0.525. The molecule has 6 nitrogen and oxygen atoms in total. The highest BCUT2D eigenvalue weighted by molar-refractivity contribution is 5.90. The largest absolute Gasteiger partial charge is 0.299 e. The first-order chi connectivity index (χ1) is 16.5. The first-order valence-electron chi connectivity index (χ1n) is 12.5. The summed E-state index contributed by atoms with van der Waals surface area (Å²) in [6.07, 6.45) is 5.69. The van der Waals surface area contributed by atoms with E-state index in [9.17, 15) is 4.79 Å². The molecule has 2 fully saturated rings. The second-order valence-electron chi connectivity index (χ2n) is 9.92. The van der Waals surface area contributed by atoms with E-state index in [2.05, 4.69) is 64.9 Å². The number of benzene rings is 2. The molecule has 0 aliphatic carbocycles. The number of likely N-dealkylation sites (tertiary alicyclic amines) is 1. The Morgan fingerprint density at radius 1 is 0.912 bits per heavy atom. The van der Waals surface area contributed by atoms with Crippen molar-refractivity contribution < 1.29 is 10.0 Å². The summed E-state index contributed by atoms with van der Waals surface area (Å²) in [6.45, 7) is 12.3. The van der Waals surface area contributed by atoms with Crippen LogP contribution < -0.4 is 5.48 Å². The summed E-state index contributed by atoms with van der Waals surface area (Å²) in [5.41, 5.74) is 6.67. The second kappa shape index (κ2) is 11.8. The van der Waals surface area contributed by atoms with Crippen molar-refractivity contribution in [1.29, 1.82) is 0 Å². The van der Waals surface area contributed by atoms with Gasteiger partial charge in [0.2, 0.25) is 0 Å². The summed E-state index contributed by atoms with van der Waals surface area (Å²) in [6, 6.07) is 18.4. The first-order valence-corrected chi connectivity index (χ1v) is 12.5. The number of amides is 1. The van der Waals surface area contributed by atoms with Crippen LogP contribution >= 0.6 is 0 Å². The standard InChI is InChI=1S/C28H38N4O2/c1-22-17-31(20-27-7-5-6-26(16-27)19-30-14-3-4-15-30)18-23(2)32(22)21-25-10-8-24(9-11-25)12-13-28(33)29-34/h5-13,16,22-23,34H,3-4,14-15,17-21H2,1-2H3,(H,29,33)/b13-12+/t22-,23?/m0/s1. The molecule has 0 aromatic heterocycles. The van der Waals surface area contributed by atoms with Crippen molar-refractivity contribution in [2.24, 2.45) is 0 Å². The predicted octanol–water partition coefficient (Wildman–Crippen LogP) is 3.90. The Morgan fingerprint density at radius 3 is 2.15 bits per heavy atom. The maximum Gasteiger partial charge on any atom is 0.267 e. The number of nitrogens with zero attached hydrogens (tertiary/aromatic N) is 3. The minimum atomic E-state index is -0.525. The lowest BCUT2D eigenvalue weighted by Crippen LogP contribution is -2.55. The molecule has 2 aliphatic rings. The van der Waals surface area contributed by atoms with E-state index < -0.39 is 5.91 Å². The quantitative estimate of drug-likeness (QED) is 0.354. The van der Waals surface area contributed by atoms with Crippen molar-refractivity contribution in [3.8, 4) is 0 Å². The topological polar surface area (TPSA) is 59.0 Å². The number of hydrogen-bond acceptors (Lipinski definition) is 5. The summed E-state index contributed by atoms with van der Waals surface area (Å²) < 4.78 is 0. The molecular weight excluding hydrogens is 424 g/mol. The van der Waals surface area contributed by atoms with Crippen molar-refractivity contribution in [1.82, 2.24) is 20.2 Å². The highest BCUT2D eigenvalue weighted by Gasteiger charge is 2.29. The molecule has 2 aromatic carbocycles. The molecule has 0 radical (unpaired) electrons. The van der Waals surface area contributed by atoms with Gasteiger partial charge in [0.1, 0.15) is 0 Å². The van der Waals surface area contributed by atoms with Gasteiger partial charge in [-0.2, -0.15) is 0 Å². The van der Waals surface area contributed by atoms with Crippen molar-refractivity contribution >= 4 is 12.0 Å². The zero-order valence-electron chi connectivity index (χ0n) is 20.5. The van der Waals surface area contributed by atoms with Gasteiger partial charge in [0.05, 0.1) is 0 Å². The fourth-order valence-electron chi connectivity index (χ4n) is 5.34. The van der Waals surface area contributed by atoms with E-state index in [1.54, 1.807) is 11.6 Å². The zero-order chi connectivity index (χ0) is 23.9. The number of hydrogen-bond donors (Lipinski definition) is 2. The van der Waals surface area contributed by atoms with Gasteiger partial charge in [-0.3, -0.25) is 24.7 Å². The average Bonchev–Trinajstić information content (AvgIpc) is 3.34. The third kappa shape index (κ3) is 6.76. The van der Waals surface area contributed by atoms with Crippen LogP contribution in [-0.4, -0.2) is 64.1 Å². The Kier molecular flexibility index (Phi) is 8.51. The van der Waals surface area contributed by atoms with Crippen LogP contribution in [0.25, 0.3) is 6.08 Å². The fourth-order valence-corrected chi connectivity index (χ4v) is 5.34. The molecule has 34 heavy (non-hydrogen) atoms. The fraction of sp³-hybridized carbons (Fsp3) is 0.464. The minimum Gasteiger partial charge on any atom is -0.299 e. The summed E-state index contributed by atoms with van der Waals surface area (Å²) in [7, 11) is 0. The van der Waals surface area contributed by atoms with Crippen molar-refractivity contribution in [3.05, 3.63) is 76.9 Å². The van der Waals surface area contributed by atoms with Gasteiger partial charge in [-0.1, -0.05) is 48.5 Å². The minimum absolute atomic E-state index is 0.476. The molecule has 0 spiro atoms. The number of carbonyl (C=O) groups excluding carboxylic acids is 1. The normalized spacial score (nSPS) is 22.4. The van der Waals surface area contributed by atoms with Crippen LogP contribution in [0.15, 0.2) is 54.6 Å². The van der Waals surface area contributed by atoms with Gasteiger partial charge in [-0.15, -0.1) is 0 Å². The van der Waals surface area contributed by atoms with Crippen LogP contribution in [0.3, 0.4) is 0 Å². The molecule has 4 rings (SSSR count). The van der Waals surface area contributed by atoms with Gasteiger partial charge in [0, 0.05) is 50.9 Å². The van der Waals surface area contributed by atoms with Gasteiger partial charge < -0.3 is 0 Å². The summed E-state index contributed by atoms with van der Waals surface area (Å²) in [5, 5.41) is 8.59. The van der Waals surface area contributed by atoms with E-state index >= 15 is 0 Å². The molecule has 182 valence electrons. The van der Waals surface area contributed by atoms with Crippen LogP contribution in [-0.2, 0) is 24.4 Å². The van der Waals surface area contributed by atoms with Crippen LogP contribution in [0, 0.1) is 0 Å². The lowest BCUT2D eigenvalue weighted by Gasteiger charge is -2.44. The monoisotopic (exact) mass is 462 g/mol. The summed E-state index contributed by atoms with van der Waals surface area (Å²) >= 11 is 0. The molecule has 1 amide bonds. The molecule has 6 heteroatoms. The van der Waals surface area contributed by atoms with E-state index in [0.29, 0.717) is 12.1 Å². The number of carbonyl (C=O) groups is 1. The molecule has 2 aliphatic heterocycles. The van der Waals surface area contributed by atoms with Crippen LogP contribution in [0.1, 0.15) is 48.9 Å². The third-order valence-corrected chi connectivity index (χ3v) is 7.06. The maximum atomic E-state index is 11.2. The number of hydroxylamine groups is 1. The second-order valence-corrected chi connectivity index (χ2v) is 9.92. The third-order valence-electron chi connectivity index (χ3n) is 7.06. The molecule has 0 saturated carbocycles. The summed E-state index contributed by atoms with van der Waals surface area (Å²) in [4.78, 5) is 18.9. The van der Waals surface area contributed by atoms with Gasteiger partial charge >= 0.3 is 0 Å². The molecule has 2 saturated heterocycles. The van der Waals surface area contributed by atoms with Gasteiger partial charge in [-0.25, -0.2) is 5.48 Å². The lowest BCUT2D eigenvalue weighted by molar-refractivity contribution is -0.124. The average molecular weight is 463 g/mol. The van der Waals surface area contributed by atoms with E-state index in [1.807, 2.05) is 12.1 Å². The number of piperazine rings is 1. The molecular formula is C28H38N4O2. The molecule has 1 unspecified atom stereocenters. The number of rotatable bonds is 8. The smallest absolute Gasteiger partial charge is 0.267 e.